The Morgan fingerprint density at radius 1 is 1.50 bits per heavy atom. The third-order valence-electron chi connectivity index (χ3n) is 3.26. The highest BCUT2D eigenvalue weighted by molar-refractivity contribution is 5.82. The molecule has 0 aromatic heterocycles. The molecule has 1 saturated heterocycles. The summed E-state index contributed by atoms with van der Waals surface area (Å²) in [7, 11) is 1.39. The van der Waals surface area contributed by atoms with E-state index in [1.165, 1.54) is 38.9 Å². The Kier molecular flexibility index (Phi) is 2.48. The first-order valence-corrected chi connectivity index (χ1v) is 5.15. The van der Waals surface area contributed by atoms with Crippen LogP contribution in [0.25, 0.3) is 0 Å². The van der Waals surface area contributed by atoms with Crippen LogP contribution in [-0.4, -0.2) is 19.7 Å². The van der Waals surface area contributed by atoms with Crippen molar-refractivity contribution in [1.29, 1.82) is 0 Å². The van der Waals surface area contributed by atoms with Crippen molar-refractivity contribution in [2.75, 3.05) is 13.7 Å². The van der Waals surface area contributed by atoms with Crippen molar-refractivity contribution in [2.24, 2.45) is 5.41 Å². The van der Waals surface area contributed by atoms with Crippen LogP contribution in [0.4, 0.5) is 0 Å². The molecule has 2 rings (SSSR count). The maximum atomic E-state index is 11.0. The average molecular weight is 196 g/mol. The van der Waals surface area contributed by atoms with E-state index in [1.807, 2.05) is 0 Å². The van der Waals surface area contributed by atoms with Gasteiger partial charge in [-0.2, -0.15) is 0 Å². The molecule has 14 heavy (non-hydrogen) atoms. The fourth-order valence-electron chi connectivity index (χ4n) is 2.45. The summed E-state index contributed by atoms with van der Waals surface area (Å²) in [5.41, 5.74) is 0.347. The van der Waals surface area contributed by atoms with E-state index in [-0.39, 0.29) is 5.97 Å². The monoisotopic (exact) mass is 196 g/mol. The lowest BCUT2D eigenvalue weighted by atomic mass is 9.85. The summed E-state index contributed by atoms with van der Waals surface area (Å²) >= 11 is 0. The second-order valence-electron chi connectivity index (χ2n) is 4.31. The molecule has 3 heteroatoms. The van der Waals surface area contributed by atoms with Crippen molar-refractivity contribution in [3.8, 4) is 0 Å². The molecule has 0 N–H and O–H groups in total. The number of methoxy groups -OCH3 is 1. The number of ether oxygens (including phenoxy) is 2. The van der Waals surface area contributed by atoms with Crippen LogP contribution in [0.1, 0.15) is 32.1 Å². The largest absolute Gasteiger partial charge is 0.497 e. The first-order valence-electron chi connectivity index (χ1n) is 5.15. The summed E-state index contributed by atoms with van der Waals surface area (Å²) in [5.74, 6) is 0.494. The van der Waals surface area contributed by atoms with Gasteiger partial charge in [-0.15, -0.1) is 0 Å². The van der Waals surface area contributed by atoms with Crippen LogP contribution in [-0.2, 0) is 14.3 Å². The highest BCUT2D eigenvalue weighted by Gasteiger charge is 2.40. The molecule has 1 spiro atoms. The van der Waals surface area contributed by atoms with E-state index in [1.54, 1.807) is 0 Å². The van der Waals surface area contributed by atoms with Crippen LogP contribution in [0.2, 0.25) is 0 Å². The summed E-state index contributed by atoms with van der Waals surface area (Å²) in [6.07, 6.45) is 7.48. The van der Waals surface area contributed by atoms with Gasteiger partial charge in [0, 0.05) is 11.8 Å². The van der Waals surface area contributed by atoms with Crippen molar-refractivity contribution < 1.29 is 14.3 Å². The molecule has 0 unspecified atom stereocenters. The minimum Gasteiger partial charge on any atom is -0.497 e. The van der Waals surface area contributed by atoms with Gasteiger partial charge in [0.05, 0.1) is 19.8 Å². The fraction of sp³-hybridized carbons (Fsp3) is 0.727. The van der Waals surface area contributed by atoms with E-state index in [0.29, 0.717) is 5.41 Å². The Labute approximate surface area is 84.1 Å². The SMILES string of the molecule is COC(=O)/C=C1\CC2(CCCC2)CO1. The molecule has 2 fully saturated rings. The molecule has 0 bridgehead atoms. The van der Waals surface area contributed by atoms with Crippen LogP contribution in [0.15, 0.2) is 11.8 Å². The Bertz CT molecular complexity index is 262. The third-order valence-corrected chi connectivity index (χ3v) is 3.26. The van der Waals surface area contributed by atoms with Gasteiger partial charge < -0.3 is 9.47 Å². The fourth-order valence-corrected chi connectivity index (χ4v) is 2.45. The minimum absolute atomic E-state index is 0.310. The van der Waals surface area contributed by atoms with E-state index in [4.69, 9.17) is 4.74 Å². The number of allylic oxidation sites excluding steroid dienone is 1. The molecule has 1 heterocycles. The highest BCUT2D eigenvalue weighted by Crippen LogP contribution is 2.47. The molecular weight excluding hydrogens is 180 g/mol. The lowest BCUT2D eigenvalue weighted by Gasteiger charge is -2.17. The first-order chi connectivity index (χ1) is 6.74. The Hall–Kier alpha value is -0.990. The number of carbonyl (C=O) groups is 1. The van der Waals surface area contributed by atoms with E-state index < -0.39 is 0 Å². The third kappa shape index (κ3) is 1.76. The van der Waals surface area contributed by atoms with Gasteiger partial charge in [-0.05, 0) is 12.8 Å². The predicted molar refractivity (Wildman–Crippen MR) is 51.6 cm³/mol. The van der Waals surface area contributed by atoms with Crippen molar-refractivity contribution in [2.45, 2.75) is 32.1 Å². The molecule has 0 aromatic rings. The van der Waals surface area contributed by atoms with Crippen molar-refractivity contribution in [3.05, 3.63) is 11.8 Å². The quantitative estimate of drug-likeness (QED) is 0.475. The number of carbonyl (C=O) groups excluding carboxylic acids is 1. The predicted octanol–water partition coefficient (Wildman–Crippen LogP) is 2.02. The Morgan fingerprint density at radius 3 is 2.86 bits per heavy atom. The van der Waals surface area contributed by atoms with Crippen LogP contribution < -0.4 is 0 Å². The Balaban J connectivity index is 2.00. The van der Waals surface area contributed by atoms with Gasteiger partial charge in [-0.1, -0.05) is 12.8 Å². The van der Waals surface area contributed by atoms with Crippen molar-refractivity contribution >= 4 is 5.97 Å². The molecular formula is C11H16O3. The van der Waals surface area contributed by atoms with Gasteiger partial charge >= 0.3 is 5.97 Å². The zero-order valence-electron chi connectivity index (χ0n) is 8.54. The molecule has 0 amide bonds. The van der Waals surface area contributed by atoms with Gasteiger partial charge in [-0.3, -0.25) is 0 Å². The van der Waals surface area contributed by atoms with E-state index in [9.17, 15) is 4.79 Å². The number of hydrogen-bond acceptors (Lipinski definition) is 3. The zero-order valence-corrected chi connectivity index (χ0v) is 8.54. The topological polar surface area (TPSA) is 35.5 Å². The smallest absolute Gasteiger partial charge is 0.333 e. The average Bonchev–Trinajstić information content (AvgIpc) is 2.78. The first kappa shape index (κ1) is 9.56. The molecule has 1 aliphatic carbocycles. The molecule has 1 aliphatic heterocycles. The summed E-state index contributed by atoms with van der Waals surface area (Å²) in [5, 5.41) is 0. The summed E-state index contributed by atoms with van der Waals surface area (Å²) < 4.78 is 10.1. The minimum atomic E-state index is -0.310. The summed E-state index contributed by atoms with van der Waals surface area (Å²) in [6.45, 7) is 0.788. The maximum absolute atomic E-state index is 11.0. The zero-order chi connectivity index (χ0) is 10.0. The summed E-state index contributed by atoms with van der Waals surface area (Å²) in [6, 6.07) is 0. The second kappa shape index (κ2) is 3.64. The van der Waals surface area contributed by atoms with Crippen LogP contribution >= 0.6 is 0 Å². The lowest BCUT2D eigenvalue weighted by Crippen LogP contribution is -2.14. The maximum Gasteiger partial charge on any atom is 0.333 e. The van der Waals surface area contributed by atoms with Gasteiger partial charge in [-0.25, -0.2) is 4.79 Å². The summed E-state index contributed by atoms with van der Waals surface area (Å²) in [4.78, 5) is 11.0. The molecule has 0 aromatic carbocycles. The Morgan fingerprint density at radius 2 is 2.21 bits per heavy atom. The number of esters is 1. The second-order valence-corrected chi connectivity index (χ2v) is 4.31. The van der Waals surface area contributed by atoms with Gasteiger partial charge in [0.2, 0.25) is 0 Å². The number of hydrogen-bond donors (Lipinski definition) is 0. The molecule has 3 nitrogen and oxygen atoms in total. The van der Waals surface area contributed by atoms with Crippen LogP contribution in [0, 0.1) is 5.41 Å². The molecule has 78 valence electrons. The van der Waals surface area contributed by atoms with Gasteiger partial charge in [0.15, 0.2) is 0 Å². The van der Waals surface area contributed by atoms with E-state index >= 15 is 0 Å². The lowest BCUT2D eigenvalue weighted by molar-refractivity contribution is -0.135. The van der Waals surface area contributed by atoms with Gasteiger partial charge in [0.25, 0.3) is 0 Å². The van der Waals surface area contributed by atoms with Crippen molar-refractivity contribution in [1.82, 2.24) is 0 Å². The molecule has 0 atom stereocenters. The highest BCUT2D eigenvalue weighted by atomic mass is 16.5. The molecule has 1 saturated carbocycles. The van der Waals surface area contributed by atoms with E-state index in [2.05, 4.69) is 4.74 Å². The van der Waals surface area contributed by atoms with Gasteiger partial charge in [0.1, 0.15) is 5.76 Å². The normalized spacial score (nSPS) is 26.8. The van der Waals surface area contributed by atoms with Crippen molar-refractivity contribution in [3.63, 3.8) is 0 Å². The van der Waals surface area contributed by atoms with Crippen LogP contribution in [0.3, 0.4) is 0 Å². The van der Waals surface area contributed by atoms with E-state index in [0.717, 1.165) is 18.8 Å². The van der Waals surface area contributed by atoms with Crippen LogP contribution in [0.5, 0.6) is 0 Å². The number of rotatable bonds is 1. The standard InChI is InChI=1S/C11H16O3/c1-13-10(12)6-9-7-11(8-14-9)4-2-3-5-11/h6H,2-5,7-8H2,1H3/b9-6+. The molecule has 2 aliphatic rings. The molecule has 0 radical (unpaired) electrons.